The van der Waals surface area contributed by atoms with E-state index in [0.717, 1.165) is 25.0 Å². The van der Waals surface area contributed by atoms with Crippen molar-refractivity contribution >= 4 is 18.6 Å². The van der Waals surface area contributed by atoms with Gasteiger partial charge in [0.1, 0.15) is 0 Å². The average molecular weight is 190 g/mol. The van der Waals surface area contributed by atoms with E-state index in [1.165, 1.54) is 6.42 Å². The smallest absolute Gasteiger partial charge is 0.305 e. The Morgan fingerprint density at radius 3 is 2.50 bits per heavy atom. The third-order valence-corrected chi connectivity index (χ3v) is 1.92. The first kappa shape index (κ1) is 11.8. The van der Waals surface area contributed by atoms with E-state index in [0.29, 0.717) is 13.0 Å². The van der Waals surface area contributed by atoms with Crippen molar-refractivity contribution in [2.45, 2.75) is 39.0 Å². The molecule has 12 heavy (non-hydrogen) atoms. The van der Waals surface area contributed by atoms with Crippen LogP contribution >= 0.6 is 12.6 Å². The van der Waals surface area contributed by atoms with Crippen molar-refractivity contribution in [3.8, 4) is 0 Å². The van der Waals surface area contributed by atoms with Crippen LogP contribution in [0, 0.1) is 0 Å². The Labute approximate surface area is 80.1 Å². The number of rotatable bonds is 7. The lowest BCUT2D eigenvalue weighted by Gasteiger charge is -2.01. The standard InChI is InChI=1S/C9H18O2S/c1-2-9(10)11-7-5-3-4-6-8-12/h12H,2-8H2,1H3. The summed E-state index contributed by atoms with van der Waals surface area (Å²) in [6, 6.07) is 0. The van der Waals surface area contributed by atoms with Crippen molar-refractivity contribution in [3.63, 3.8) is 0 Å². The number of carbonyl (C=O) groups excluding carboxylic acids is 1. The molecule has 0 aromatic carbocycles. The molecule has 0 heterocycles. The van der Waals surface area contributed by atoms with Crippen molar-refractivity contribution in [3.05, 3.63) is 0 Å². The molecule has 0 N–H and O–H groups in total. The number of hydrogen-bond donors (Lipinski definition) is 1. The third kappa shape index (κ3) is 7.92. The molecule has 0 aromatic heterocycles. The second-order valence-corrected chi connectivity index (χ2v) is 3.16. The fourth-order valence-corrected chi connectivity index (χ4v) is 1.08. The summed E-state index contributed by atoms with van der Waals surface area (Å²) in [5.74, 6) is 0.860. The molecule has 0 bridgehead atoms. The number of unbranched alkanes of at least 4 members (excludes halogenated alkanes) is 3. The monoisotopic (exact) mass is 190 g/mol. The molecular formula is C9H18O2S. The summed E-state index contributed by atoms with van der Waals surface area (Å²) in [6.07, 6.45) is 4.95. The van der Waals surface area contributed by atoms with Crippen LogP contribution in [-0.4, -0.2) is 18.3 Å². The molecule has 0 saturated carbocycles. The van der Waals surface area contributed by atoms with Gasteiger partial charge in [0.2, 0.25) is 0 Å². The molecule has 72 valence electrons. The minimum atomic E-state index is -0.0933. The fourth-order valence-electron chi connectivity index (χ4n) is 0.855. The molecular weight excluding hydrogens is 172 g/mol. The van der Waals surface area contributed by atoms with Crippen LogP contribution in [-0.2, 0) is 9.53 Å². The van der Waals surface area contributed by atoms with E-state index in [4.69, 9.17) is 4.74 Å². The van der Waals surface area contributed by atoms with E-state index in [1.54, 1.807) is 0 Å². The van der Waals surface area contributed by atoms with Crippen LogP contribution < -0.4 is 0 Å². The largest absolute Gasteiger partial charge is 0.466 e. The van der Waals surface area contributed by atoms with Crippen molar-refractivity contribution in [1.29, 1.82) is 0 Å². The van der Waals surface area contributed by atoms with Crippen LogP contribution in [0.15, 0.2) is 0 Å². The van der Waals surface area contributed by atoms with Gasteiger partial charge in [-0.15, -0.1) is 0 Å². The summed E-state index contributed by atoms with van der Waals surface area (Å²) in [7, 11) is 0. The number of esters is 1. The molecule has 0 saturated heterocycles. The van der Waals surface area contributed by atoms with Crippen molar-refractivity contribution in [2.24, 2.45) is 0 Å². The molecule has 0 amide bonds. The quantitative estimate of drug-likeness (QED) is 0.379. The Morgan fingerprint density at radius 1 is 1.25 bits per heavy atom. The maximum atomic E-state index is 10.7. The highest BCUT2D eigenvalue weighted by molar-refractivity contribution is 7.80. The zero-order valence-electron chi connectivity index (χ0n) is 7.71. The van der Waals surface area contributed by atoms with Crippen LogP contribution in [0.4, 0.5) is 0 Å². The predicted molar refractivity (Wildman–Crippen MR) is 53.6 cm³/mol. The van der Waals surface area contributed by atoms with E-state index in [-0.39, 0.29) is 5.97 Å². The molecule has 0 unspecified atom stereocenters. The van der Waals surface area contributed by atoms with Crippen molar-refractivity contribution in [2.75, 3.05) is 12.4 Å². The minimum Gasteiger partial charge on any atom is -0.466 e. The van der Waals surface area contributed by atoms with Gasteiger partial charge >= 0.3 is 5.97 Å². The van der Waals surface area contributed by atoms with E-state index in [2.05, 4.69) is 12.6 Å². The van der Waals surface area contributed by atoms with Gasteiger partial charge in [-0.3, -0.25) is 4.79 Å². The summed E-state index contributed by atoms with van der Waals surface area (Å²) in [5.41, 5.74) is 0. The number of ether oxygens (including phenoxy) is 1. The summed E-state index contributed by atoms with van der Waals surface area (Å²) in [4.78, 5) is 10.7. The molecule has 0 aromatic rings. The van der Waals surface area contributed by atoms with Crippen molar-refractivity contribution in [1.82, 2.24) is 0 Å². The topological polar surface area (TPSA) is 26.3 Å². The molecule has 0 aliphatic heterocycles. The molecule has 0 spiro atoms. The Balaban J connectivity index is 2.95. The SMILES string of the molecule is CCC(=O)OCCCCCCS. The summed E-state index contributed by atoms with van der Waals surface area (Å²) in [5, 5.41) is 0. The average Bonchev–Trinajstić information content (AvgIpc) is 2.10. The third-order valence-electron chi connectivity index (χ3n) is 1.60. The highest BCUT2D eigenvalue weighted by atomic mass is 32.1. The predicted octanol–water partition coefficient (Wildman–Crippen LogP) is 2.43. The van der Waals surface area contributed by atoms with E-state index >= 15 is 0 Å². The van der Waals surface area contributed by atoms with E-state index in [9.17, 15) is 4.79 Å². The Hall–Kier alpha value is -0.180. The van der Waals surface area contributed by atoms with Crippen LogP contribution in [0.5, 0.6) is 0 Å². The Bertz CT molecular complexity index is 115. The molecule has 0 aliphatic rings. The lowest BCUT2D eigenvalue weighted by atomic mass is 10.2. The summed E-state index contributed by atoms with van der Waals surface area (Å²) in [6.45, 7) is 2.39. The minimum absolute atomic E-state index is 0.0933. The van der Waals surface area contributed by atoms with E-state index in [1.807, 2.05) is 6.92 Å². The molecule has 3 heteroatoms. The van der Waals surface area contributed by atoms with Crippen LogP contribution in [0.3, 0.4) is 0 Å². The normalized spacial score (nSPS) is 9.83. The molecule has 0 aliphatic carbocycles. The van der Waals surface area contributed by atoms with Crippen LogP contribution in [0.25, 0.3) is 0 Å². The molecule has 0 fully saturated rings. The van der Waals surface area contributed by atoms with Gasteiger partial charge in [-0.05, 0) is 18.6 Å². The van der Waals surface area contributed by atoms with Gasteiger partial charge in [0.05, 0.1) is 6.61 Å². The molecule has 0 rings (SSSR count). The van der Waals surface area contributed by atoms with Crippen molar-refractivity contribution < 1.29 is 9.53 Å². The zero-order valence-corrected chi connectivity index (χ0v) is 8.61. The molecule has 0 radical (unpaired) electrons. The first-order valence-electron chi connectivity index (χ1n) is 4.57. The first-order chi connectivity index (χ1) is 5.81. The summed E-state index contributed by atoms with van der Waals surface area (Å²) < 4.78 is 4.91. The maximum Gasteiger partial charge on any atom is 0.305 e. The van der Waals surface area contributed by atoms with Gasteiger partial charge in [0.15, 0.2) is 0 Å². The van der Waals surface area contributed by atoms with Gasteiger partial charge in [-0.1, -0.05) is 19.8 Å². The lowest BCUT2D eigenvalue weighted by Crippen LogP contribution is -2.03. The fraction of sp³-hybridized carbons (Fsp3) is 0.889. The zero-order chi connectivity index (χ0) is 9.23. The highest BCUT2D eigenvalue weighted by Gasteiger charge is 1.96. The first-order valence-corrected chi connectivity index (χ1v) is 5.21. The van der Waals surface area contributed by atoms with Gasteiger partial charge in [-0.2, -0.15) is 12.6 Å². The van der Waals surface area contributed by atoms with Gasteiger partial charge < -0.3 is 4.74 Å². The Kier molecular flexibility index (Phi) is 8.78. The number of hydrogen-bond acceptors (Lipinski definition) is 3. The second kappa shape index (κ2) is 8.91. The molecule has 0 atom stereocenters. The number of carbonyl (C=O) groups is 1. The summed E-state index contributed by atoms with van der Waals surface area (Å²) >= 11 is 4.11. The Morgan fingerprint density at radius 2 is 1.92 bits per heavy atom. The van der Waals surface area contributed by atoms with Gasteiger partial charge in [0.25, 0.3) is 0 Å². The highest BCUT2D eigenvalue weighted by Crippen LogP contribution is 2.01. The molecule has 2 nitrogen and oxygen atoms in total. The number of thiol groups is 1. The van der Waals surface area contributed by atoms with E-state index < -0.39 is 0 Å². The van der Waals surface area contributed by atoms with Gasteiger partial charge in [-0.25, -0.2) is 0 Å². The second-order valence-electron chi connectivity index (χ2n) is 2.71. The van der Waals surface area contributed by atoms with Crippen LogP contribution in [0.1, 0.15) is 39.0 Å². The van der Waals surface area contributed by atoms with Gasteiger partial charge in [0, 0.05) is 6.42 Å². The lowest BCUT2D eigenvalue weighted by molar-refractivity contribution is -0.143. The maximum absolute atomic E-state index is 10.7. The van der Waals surface area contributed by atoms with Crippen LogP contribution in [0.2, 0.25) is 0 Å².